The Kier molecular flexibility index (Phi) is 5.23. The summed E-state index contributed by atoms with van der Waals surface area (Å²) in [5, 5.41) is 0. The Hall–Kier alpha value is -2.54. The number of benzene rings is 1. The molecule has 1 aliphatic heterocycles. The molecule has 130 valence electrons. The highest BCUT2D eigenvalue weighted by atomic mass is 79.9. The van der Waals surface area contributed by atoms with Gasteiger partial charge >= 0.3 is 5.97 Å². The van der Waals surface area contributed by atoms with E-state index in [4.69, 9.17) is 18.6 Å². The van der Waals surface area contributed by atoms with Gasteiger partial charge in [-0.15, -0.1) is 0 Å². The lowest BCUT2D eigenvalue weighted by Gasteiger charge is -2.11. The number of cyclic esters (lactones) is 1. The predicted molar refractivity (Wildman–Crippen MR) is 95.8 cm³/mol. The van der Waals surface area contributed by atoms with Gasteiger partial charge in [-0.1, -0.05) is 6.07 Å². The summed E-state index contributed by atoms with van der Waals surface area (Å²) in [5.74, 6) is 1.26. The quantitative estimate of drug-likeness (QED) is 0.532. The summed E-state index contributed by atoms with van der Waals surface area (Å²) in [6.07, 6.45) is 1.63. The molecule has 1 aromatic heterocycles. The number of hydrogen-bond donors (Lipinski definition) is 0. The summed E-state index contributed by atoms with van der Waals surface area (Å²) in [6, 6.07) is 8.80. The first-order valence-corrected chi connectivity index (χ1v) is 8.58. The van der Waals surface area contributed by atoms with Crippen LogP contribution in [0.15, 0.2) is 50.1 Å². The summed E-state index contributed by atoms with van der Waals surface area (Å²) < 4.78 is 22.2. The standard InChI is InChI=1S/C18H16BrNO5/c1-3-22-13-6-5-11(10-15(13)23-4-2)9-12-18(21)25-17(20-12)14-7-8-16(19)24-14/h5-10H,3-4H2,1-2H3. The molecule has 0 unspecified atom stereocenters. The number of carbonyl (C=O) groups excluding carboxylic acids is 1. The molecule has 0 saturated carbocycles. The average Bonchev–Trinajstić information content (AvgIpc) is 3.17. The lowest BCUT2D eigenvalue weighted by molar-refractivity contribution is -0.130. The fourth-order valence-electron chi connectivity index (χ4n) is 2.26. The van der Waals surface area contributed by atoms with E-state index in [9.17, 15) is 4.79 Å². The molecule has 7 heteroatoms. The van der Waals surface area contributed by atoms with E-state index in [0.29, 0.717) is 35.1 Å². The molecule has 0 fully saturated rings. The molecule has 0 N–H and O–H groups in total. The second-order valence-electron chi connectivity index (χ2n) is 5.01. The Morgan fingerprint density at radius 2 is 1.88 bits per heavy atom. The fourth-order valence-corrected chi connectivity index (χ4v) is 2.57. The zero-order chi connectivity index (χ0) is 17.8. The maximum Gasteiger partial charge on any atom is 0.363 e. The summed E-state index contributed by atoms with van der Waals surface area (Å²) in [4.78, 5) is 16.2. The highest BCUT2D eigenvalue weighted by molar-refractivity contribution is 9.10. The summed E-state index contributed by atoms with van der Waals surface area (Å²) in [6.45, 7) is 4.85. The van der Waals surface area contributed by atoms with Gasteiger partial charge in [-0.25, -0.2) is 9.79 Å². The van der Waals surface area contributed by atoms with Crippen LogP contribution >= 0.6 is 15.9 Å². The molecule has 25 heavy (non-hydrogen) atoms. The lowest BCUT2D eigenvalue weighted by Crippen LogP contribution is -2.04. The highest BCUT2D eigenvalue weighted by Crippen LogP contribution is 2.30. The molecule has 0 bridgehead atoms. The minimum Gasteiger partial charge on any atom is -0.490 e. The van der Waals surface area contributed by atoms with Crippen LogP contribution in [0.1, 0.15) is 25.2 Å². The van der Waals surface area contributed by atoms with Crippen LogP contribution in [0.2, 0.25) is 0 Å². The van der Waals surface area contributed by atoms with E-state index < -0.39 is 5.97 Å². The lowest BCUT2D eigenvalue weighted by atomic mass is 10.1. The normalized spacial score (nSPS) is 15.2. The smallest absolute Gasteiger partial charge is 0.363 e. The third-order valence-electron chi connectivity index (χ3n) is 3.28. The van der Waals surface area contributed by atoms with E-state index in [1.165, 1.54) is 0 Å². The Morgan fingerprint density at radius 3 is 2.56 bits per heavy atom. The number of esters is 1. The van der Waals surface area contributed by atoms with Crippen LogP contribution in [0.3, 0.4) is 0 Å². The van der Waals surface area contributed by atoms with Crippen LogP contribution in [0.25, 0.3) is 6.08 Å². The van der Waals surface area contributed by atoms with Crippen molar-refractivity contribution in [1.29, 1.82) is 0 Å². The Morgan fingerprint density at radius 1 is 1.12 bits per heavy atom. The Balaban J connectivity index is 1.90. The number of ether oxygens (including phenoxy) is 3. The topological polar surface area (TPSA) is 70.3 Å². The largest absolute Gasteiger partial charge is 0.490 e. The third kappa shape index (κ3) is 3.93. The van der Waals surface area contributed by atoms with Crippen molar-refractivity contribution < 1.29 is 23.4 Å². The molecule has 3 rings (SSSR count). The summed E-state index contributed by atoms with van der Waals surface area (Å²) in [7, 11) is 0. The minimum absolute atomic E-state index is 0.137. The van der Waals surface area contributed by atoms with Gasteiger partial charge in [0.05, 0.1) is 13.2 Å². The van der Waals surface area contributed by atoms with Gasteiger partial charge in [0.1, 0.15) is 0 Å². The number of nitrogens with zero attached hydrogens (tertiary/aromatic N) is 1. The zero-order valence-electron chi connectivity index (χ0n) is 13.7. The van der Waals surface area contributed by atoms with Gasteiger partial charge < -0.3 is 18.6 Å². The van der Waals surface area contributed by atoms with Crippen molar-refractivity contribution in [2.24, 2.45) is 4.99 Å². The van der Waals surface area contributed by atoms with Crippen molar-refractivity contribution >= 4 is 33.9 Å². The van der Waals surface area contributed by atoms with Crippen molar-refractivity contribution in [2.45, 2.75) is 13.8 Å². The van der Waals surface area contributed by atoms with E-state index >= 15 is 0 Å². The maximum atomic E-state index is 12.0. The van der Waals surface area contributed by atoms with Crippen molar-refractivity contribution in [3.05, 3.63) is 52.0 Å². The first-order chi connectivity index (χ1) is 12.1. The maximum absolute atomic E-state index is 12.0. The Bertz CT molecular complexity index is 853. The summed E-state index contributed by atoms with van der Waals surface area (Å²) >= 11 is 3.20. The number of carbonyl (C=O) groups is 1. The number of furan rings is 1. The van der Waals surface area contributed by atoms with E-state index in [-0.39, 0.29) is 11.6 Å². The van der Waals surface area contributed by atoms with E-state index in [1.807, 2.05) is 19.9 Å². The Labute approximate surface area is 153 Å². The van der Waals surface area contributed by atoms with Gasteiger partial charge in [-0.05, 0) is 65.7 Å². The van der Waals surface area contributed by atoms with Crippen molar-refractivity contribution in [2.75, 3.05) is 13.2 Å². The SMILES string of the molecule is CCOc1ccc(C=C2N=C(c3ccc(Br)o3)OC2=O)cc1OCC. The van der Waals surface area contributed by atoms with Crippen LogP contribution in [0.5, 0.6) is 11.5 Å². The number of hydrogen-bond acceptors (Lipinski definition) is 6. The number of aliphatic imine (C=N–C) groups is 1. The third-order valence-corrected chi connectivity index (χ3v) is 3.70. The molecule has 1 aliphatic rings. The average molecular weight is 406 g/mol. The van der Waals surface area contributed by atoms with Gasteiger partial charge in [0.25, 0.3) is 5.90 Å². The van der Waals surface area contributed by atoms with Crippen LogP contribution in [-0.4, -0.2) is 25.1 Å². The van der Waals surface area contributed by atoms with Gasteiger partial charge in [-0.3, -0.25) is 0 Å². The molecule has 1 aromatic carbocycles. The molecule has 0 saturated heterocycles. The molecule has 2 aromatic rings. The van der Waals surface area contributed by atoms with Crippen molar-refractivity contribution in [1.82, 2.24) is 0 Å². The molecular formula is C18H16BrNO5. The molecule has 0 atom stereocenters. The summed E-state index contributed by atoms with van der Waals surface area (Å²) in [5.41, 5.74) is 0.943. The molecule has 0 radical (unpaired) electrons. The van der Waals surface area contributed by atoms with Crippen LogP contribution in [0, 0.1) is 0 Å². The van der Waals surface area contributed by atoms with E-state index in [1.54, 1.807) is 30.3 Å². The van der Waals surface area contributed by atoms with Gasteiger partial charge in [0, 0.05) is 0 Å². The molecule has 0 aliphatic carbocycles. The molecule has 6 nitrogen and oxygen atoms in total. The van der Waals surface area contributed by atoms with Crippen LogP contribution in [0.4, 0.5) is 0 Å². The first-order valence-electron chi connectivity index (χ1n) is 7.78. The number of halogens is 1. The minimum atomic E-state index is -0.533. The first kappa shape index (κ1) is 17.3. The van der Waals surface area contributed by atoms with Crippen LogP contribution < -0.4 is 9.47 Å². The van der Waals surface area contributed by atoms with Gasteiger partial charge in [-0.2, -0.15) is 0 Å². The molecule has 2 heterocycles. The van der Waals surface area contributed by atoms with Gasteiger partial charge in [0.2, 0.25) is 0 Å². The number of rotatable bonds is 6. The second-order valence-corrected chi connectivity index (χ2v) is 5.79. The van der Waals surface area contributed by atoms with Crippen molar-refractivity contribution in [3.8, 4) is 11.5 Å². The van der Waals surface area contributed by atoms with E-state index in [2.05, 4.69) is 20.9 Å². The zero-order valence-corrected chi connectivity index (χ0v) is 15.3. The molecule has 0 amide bonds. The molecular weight excluding hydrogens is 390 g/mol. The predicted octanol–water partition coefficient (Wildman–Crippen LogP) is 4.18. The van der Waals surface area contributed by atoms with Crippen LogP contribution in [-0.2, 0) is 9.53 Å². The highest BCUT2D eigenvalue weighted by Gasteiger charge is 2.26. The molecule has 0 spiro atoms. The van der Waals surface area contributed by atoms with E-state index in [0.717, 1.165) is 5.56 Å². The van der Waals surface area contributed by atoms with Crippen molar-refractivity contribution in [3.63, 3.8) is 0 Å². The monoisotopic (exact) mass is 405 g/mol. The second kappa shape index (κ2) is 7.57. The fraction of sp³-hybridized carbons (Fsp3) is 0.222. The van der Waals surface area contributed by atoms with Gasteiger partial charge in [0.15, 0.2) is 27.6 Å².